The Morgan fingerprint density at radius 3 is 2.89 bits per heavy atom. The van der Waals surface area contributed by atoms with Crippen LogP contribution in [0.1, 0.15) is 47.1 Å². The molecule has 12 heteroatoms. The van der Waals surface area contributed by atoms with Gasteiger partial charge in [0.1, 0.15) is 15.8 Å². The van der Waals surface area contributed by atoms with Gasteiger partial charge in [0, 0.05) is 24.7 Å². The smallest absolute Gasteiger partial charge is 0.277 e. The summed E-state index contributed by atoms with van der Waals surface area (Å²) in [5.41, 5.74) is 14.4. The standard InChI is InChI=1S/C24H26F2N6O3S/c1-35-16-7-5-13(25)17(18(16)26)24-31-20(22(28)36-24)23(34)30-14-9-29-19-12(4-6-15(19)33)21(14)32-8-2-3-11(27)10-32/h5,7,9,11,15,33H,2-4,6,8,10,27-28H2,1H3,(H,30,34). The van der Waals surface area contributed by atoms with Crippen molar-refractivity contribution in [1.29, 1.82) is 0 Å². The van der Waals surface area contributed by atoms with Crippen molar-refractivity contribution >= 4 is 33.6 Å². The molecule has 0 radical (unpaired) electrons. The van der Waals surface area contributed by atoms with Gasteiger partial charge in [-0.2, -0.15) is 0 Å². The molecular weight excluding hydrogens is 490 g/mol. The van der Waals surface area contributed by atoms with E-state index in [-0.39, 0.29) is 27.5 Å². The van der Waals surface area contributed by atoms with Crippen LogP contribution >= 0.6 is 11.3 Å². The fourth-order valence-electron chi connectivity index (χ4n) is 4.84. The Labute approximate surface area is 210 Å². The minimum absolute atomic E-state index is 0.00945. The number of amides is 1. The number of rotatable bonds is 5. The highest BCUT2D eigenvalue weighted by Crippen LogP contribution is 2.42. The number of nitrogens with zero attached hydrogens (tertiary/aromatic N) is 3. The van der Waals surface area contributed by atoms with E-state index in [1.807, 2.05) is 0 Å². The van der Waals surface area contributed by atoms with E-state index in [1.54, 1.807) is 0 Å². The molecule has 0 saturated carbocycles. The lowest BCUT2D eigenvalue weighted by Gasteiger charge is -2.35. The molecule has 9 nitrogen and oxygen atoms in total. The number of hydrogen-bond acceptors (Lipinski definition) is 9. The van der Waals surface area contributed by atoms with Crippen molar-refractivity contribution in [3.63, 3.8) is 0 Å². The number of nitrogens with one attached hydrogen (secondary N) is 1. The number of pyridine rings is 1. The molecule has 1 saturated heterocycles. The number of methoxy groups -OCH3 is 1. The van der Waals surface area contributed by atoms with Crippen LogP contribution in [0.4, 0.5) is 25.2 Å². The van der Waals surface area contributed by atoms with Crippen LogP contribution in [0, 0.1) is 11.6 Å². The number of carbonyl (C=O) groups is 1. The predicted octanol–water partition coefficient (Wildman–Crippen LogP) is 3.23. The van der Waals surface area contributed by atoms with Crippen LogP contribution in [0.5, 0.6) is 5.75 Å². The van der Waals surface area contributed by atoms with Gasteiger partial charge >= 0.3 is 0 Å². The molecule has 3 aromatic rings. The third kappa shape index (κ3) is 4.25. The number of thiazole rings is 1. The number of halogens is 2. The quantitative estimate of drug-likeness (QED) is 0.405. The molecule has 0 bridgehead atoms. The Bertz CT molecular complexity index is 1330. The van der Waals surface area contributed by atoms with Gasteiger partial charge in [-0.05, 0) is 37.8 Å². The first-order valence-corrected chi connectivity index (χ1v) is 12.4. The number of carbonyl (C=O) groups excluding carboxylic acids is 1. The lowest BCUT2D eigenvalue weighted by atomic mass is 10.0. The van der Waals surface area contributed by atoms with Gasteiger partial charge in [-0.25, -0.2) is 13.8 Å². The molecule has 1 aliphatic carbocycles. The van der Waals surface area contributed by atoms with E-state index >= 15 is 0 Å². The molecule has 2 aliphatic rings. The summed E-state index contributed by atoms with van der Waals surface area (Å²) >= 11 is 0.801. The minimum Gasteiger partial charge on any atom is -0.494 e. The van der Waals surface area contributed by atoms with Gasteiger partial charge in [0.2, 0.25) is 0 Å². The Kier molecular flexibility index (Phi) is 6.49. The summed E-state index contributed by atoms with van der Waals surface area (Å²) in [6.45, 7) is 1.35. The molecule has 36 heavy (non-hydrogen) atoms. The molecule has 1 fully saturated rings. The van der Waals surface area contributed by atoms with Gasteiger partial charge in [-0.3, -0.25) is 9.78 Å². The summed E-state index contributed by atoms with van der Waals surface area (Å²) in [5.74, 6) is -2.56. The van der Waals surface area contributed by atoms with Crippen molar-refractivity contribution in [2.24, 2.45) is 5.73 Å². The molecular formula is C24H26F2N6O3S. The summed E-state index contributed by atoms with van der Waals surface area (Å²) in [6.07, 6.45) is 3.81. The number of piperidine rings is 1. The first-order chi connectivity index (χ1) is 17.3. The largest absolute Gasteiger partial charge is 0.494 e. The van der Waals surface area contributed by atoms with E-state index < -0.39 is 29.2 Å². The number of aromatic nitrogens is 2. The number of aliphatic hydroxyl groups is 1. The maximum absolute atomic E-state index is 14.8. The molecule has 1 aliphatic heterocycles. The number of nitrogens with two attached hydrogens (primary N) is 2. The lowest BCUT2D eigenvalue weighted by Crippen LogP contribution is -2.43. The molecule has 5 rings (SSSR count). The van der Waals surface area contributed by atoms with Crippen LogP contribution in [-0.2, 0) is 6.42 Å². The van der Waals surface area contributed by atoms with Crippen molar-refractivity contribution in [3.05, 3.63) is 46.9 Å². The van der Waals surface area contributed by atoms with Crippen LogP contribution in [0.3, 0.4) is 0 Å². The highest BCUT2D eigenvalue weighted by atomic mass is 32.1. The second kappa shape index (κ2) is 9.60. The Hall–Kier alpha value is -3.35. The fraction of sp³-hybridized carbons (Fsp3) is 0.375. The molecule has 0 spiro atoms. The number of anilines is 3. The van der Waals surface area contributed by atoms with E-state index in [2.05, 4.69) is 20.2 Å². The number of nitrogen functional groups attached to an aromatic ring is 1. The second-order valence-corrected chi connectivity index (χ2v) is 9.94. The van der Waals surface area contributed by atoms with Crippen LogP contribution in [0.2, 0.25) is 0 Å². The Morgan fingerprint density at radius 2 is 2.14 bits per heavy atom. The maximum Gasteiger partial charge on any atom is 0.277 e. The third-order valence-corrected chi connectivity index (χ3v) is 7.45. The number of hydrogen-bond donors (Lipinski definition) is 4. The van der Waals surface area contributed by atoms with E-state index in [9.17, 15) is 18.7 Å². The molecule has 3 heterocycles. The summed E-state index contributed by atoms with van der Waals surface area (Å²) in [6, 6.07) is 2.22. The Morgan fingerprint density at radius 1 is 1.33 bits per heavy atom. The van der Waals surface area contributed by atoms with Crippen molar-refractivity contribution in [3.8, 4) is 16.3 Å². The minimum atomic E-state index is -0.927. The number of aliphatic hydroxyl groups excluding tert-OH is 1. The normalized spacial score (nSPS) is 19.3. The van der Waals surface area contributed by atoms with Gasteiger partial charge < -0.3 is 31.5 Å². The van der Waals surface area contributed by atoms with E-state index in [0.717, 1.165) is 48.0 Å². The van der Waals surface area contributed by atoms with Crippen LogP contribution in [-0.4, -0.2) is 47.2 Å². The summed E-state index contributed by atoms with van der Waals surface area (Å²) in [5, 5.41) is 13.1. The van der Waals surface area contributed by atoms with E-state index in [1.165, 1.54) is 19.4 Å². The third-order valence-electron chi connectivity index (χ3n) is 6.55. The van der Waals surface area contributed by atoms with Crippen molar-refractivity contribution < 1.29 is 23.4 Å². The first kappa shape index (κ1) is 24.3. The molecule has 1 aromatic carbocycles. The SMILES string of the molecule is COc1ccc(F)c(-c2nc(C(=O)Nc3cnc4c(c3N3CCCC(N)C3)CCC4O)c(N)s2)c1F. The highest BCUT2D eigenvalue weighted by Gasteiger charge is 2.31. The average Bonchev–Trinajstić information content (AvgIpc) is 3.41. The molecule has 2 aromatic heterocycles. The van der Waals surface area contributed by atoms with E-state index in [0.29, 0.717) is 30.8 Å². The summed E-state index contributed by atoms with van der Waals surface area (Å²) < 4.78 is 34.2. The van der Waals surface area contributed by atoms with Crippen molar-refractivity contribution in [2.75, 3.05) is 36.1 Å². The zero-order valence-corrected chi connectivity index (χ0v) is 20.4. The lowest BCUT2D eigenvalue weighted by molar-refractivity contribution is 0.102. The van der Waals surface area contributed by atoms with Gasteiger partial charge in [0.15, 0.2) is 17.3 Å². The topological polar surface area (TPSA) is 140 Å². The van der Waals surface area contributed by atoms with Crippen molar-refractivity contribution in [2.45, 2.75) is 37.8 Å². The zero-order valence-electron chi connectivity index (χ0n) is 19.6. The number of fused-ring (bicyclic) bond motifs is 1. The van der Waals surface area contributed by atoms with Gasteiger partial charge in [0.25, 0.3) is 5.91 Å². The summed E-state index contributed by atoms with van der Waals surface area (Å²) in [7, 11) is 1.27. The van der Waals surface area contributed by atoms with Crippen LogP contribution in [0.25, 0.3) is 10.6 Å². The van der Waals surface area contributed by atoms with Crippen molar-refractivity contribution in [1.82, 2.24) is 9.97 Å². The molecule has 1 amide bonds. The van der Waals surface area contributed by atoms with Crippen LogP contribution in [0.15, 0.2) is 18.3 Å². The predicted molar refractivity (Wildman–Crippen MR) is 133 cm³/mol. The molecule has 190 valence electrons. The summed E-state index contributed by atoms with van der Waals surface area (Å²) in [4.78, 5) is 23.9. The highest BCUT2D eigenvalue weighted by molar-refractivity contribution is 7.19. The first-order valence-electron chi connectivity index (χ1n) is 11.6. The number of benzene rings is 1. The van der Waals surface area contributed by atoms with Crippen LogP contribution < -0.4 is 26.4 Å². The second-order valence-electron chi connectivity index (χ2n) is 8.91. The Balaban J connectivity index is 1.50. The average molecular weight is 517 g/mol. The zero-order chi connectivity index (χ0) is 25.6. The molecule has 6 N–H and O–H groups in total. The van der Waals surface area contributed by atoms with Gasteiger partial charge in [0.05, 0.1) is 42.0 Å². The van der Waals surface area contributed by atoms with Gasteiger partial charge in [-0.1, -0.05) is 11.3 Å². The van der Waals surface area contributed by atoms with Gasteiger partial charge in [-0.15, -0.1) is 0 Å². The monoisotopic (exact) mass is 516 g/mol. The fourth-order valence-corrected chi connectivity index (χ4v) is 5.71. The molecule has 2 unspecified atom stereocenters. The maximum atomic E-state index is 14.8. The van der Waals surface area contributed by atoms with E-state index in [4.69, 9.17) is 16.2 Å². The number of ether oxygens (including phenoxy) is 1. The molecule has 2 atom stereocenters.